The average molecular weight is 474 g/mol. The van der Waals surface area contributed by atoms with Crippen molar-refractivity contribution in [3.05, 3.63) is 65.4 Å². The number of hydrogen-bond acceptors (Lipinski definition) is 6. The second-order valence-electron chi connectivity index (χ2n) is 9.66. The first kappa shape index (κ1) is 23.6. The molecule has 6 heteroatoms. The molecule has 1 fully saturated rings. The Hall–Kier alpha value is -3.12. The van der Waals surface area contributed by atoms with E-state index in [1.165, 1.54) is 16.8 Å². The number of methoxy groups -OCH3 is 2. The number of fused-ring (bicyclic) bond motifs is 1. The monoisotopic (exact) mass is 473 g/mol. The van der Waals surface area contributed by atoms with E-state index < -0.39 is 0 Å². The predicted molar refractivity (Wildman–Crippen MR) is 138 cm³/mol. The minimum absolute atomic E-state index is 0.568. The molecule has 5 rings (SSSR count). The maximum atomic E-state index is 5.58. The number of rotatable bonds is 7. The Bertz CT molecular complexity index is 1140. The lowest BCUT2D eigenvalue weighted by atomic mass is 9.76. The van der Waals surface area contributed by atoms with Crippen molar-refractivity contribution in [2.75, 3.05) is 45.4 Å². The maximum Gasteiger partial charge on any atom is 0.226 e. The van der Waals surface area contributed by atoms with Crippen LogP contribution in [0.4, 0.5) is 5.95 Å². The summed E-state index contributed by atoms with van der Waals surface area (Å²) in [6.45, 7) is 5.47. The molecule has 0 bridgehead atoms. The van der Waals surface area contributed by atoms with Crippen molar-refractivity contribution in [2.24, 2.45) is 11.8 Å². The standard InChI is InChI=1S/C29H35N3O3/c1-20(17-21-7-10-24(33-2)11-8-21)22-9-12-26-27(19-22)30-29(32-13-15-35-16-14-32)31-28(26)23-5-4-6-25(18-23)34-3/h4-8,10-11,18,20,22H,9,12-17,19H2,1-3H3. The molecular weight excluding hydrogens is 438 g/mol. The molecular formula is C29H35N3O3. The zero-order valence-electron chi connectivity index (χ0n) is 21.0. The van der Waals surface area contributed by atoms with Gasteiger partial charge in [0.15, 0.2) is 0 Å². The largest absolute Gasteiger partial charge is 0.497 e. The zero-order valence-corrected chi connectivity index (χ0v) is 21.0. The minimum atomic E-state index is 0.568. The summed E-state index contributed by atoms with van der Waals surface area (Å²) in [5.74, 6) is 3.75. The number of ether oxygens (including phenoxy) is 3. The second kappa shape index (κ2) is 10.6. The van der Waals surface area contributed by atoms with Crippen molar-refractivity contribution in [2.45, 2.75) is 32.6 Å². The third kappa shape index (κ3) is 5.27. The van der Waals surface area contributed by atoms with E-state index in [2.05, 4.69) is 48.2 Å². The number of aromatic nitrogens is 2. The van der Waals surface area contributed by atoms with E-state index in [9.17, 15) is 0 Å². The first-order valence-electron chi connectivity index (χ1n) is 12.6. The molecule has 3 aromatic rings. The van der Waals surface area contributed by atoms with E-state index in [1.807, 2.05) is 12.1 Å². The summed E-state index contributed by atoms with van der Waals surface area (Å²) >= 11 is 0. The lowest BCUT2D eigenvalue weighted by Gasteiger charge is -2.32. The van der Waals surface area contributed by atoms with Crippen LogP contribution >= 0.6 is 0 Å². The van der Waals surface area contributed by atoms with E-state index in [4.69, 9.17) is 24.2 Å². The van der Waals surface area contributed by atoms with Gasteiger partial charge in [-0.3, -0.25) is 0 Å². The second-order valence-corrected chi connectivity index (χ2v) is 9.66. The highest BCUT2D eigenvalue weighted by Crippen LogP contribution is 2.37. The van der Waals surface area contributed by atoms with Crippen LogP contribution in [-0.2, 0) is 24.0 Å². The predicted octanol–water partition coefficient (Wildman–Crippen LogP) is 4.98. The third-order valence-corrected chi connectivity index (χ3v) is 7.46. The van der Waals surface area contributed by atoms with Gasteiger partial charge in [0.25, 0.3) is 0 Å². The van der Waals surface area contributed by atoms with Crippen molar-refractivity contribution < 1.29 is 14.2 Å². The van der Waals surface area contributed by atoms with Crippen LogP contribution in [0.3, 0.4) is 0 Å². The van der Waals surface area contributed by atoms with E-state index in [-0.39, 0.29) is 0 Å². The SMILES string of the molecule is COc1ccc(CC(C)C2CCc3c(nc(N4CCOCC4)nc3-c3cccc(OC)c3)C2)cc1. The normalized spacial score (nSPS) is 18.6. The van der Waals surface area contributed by atoms with Crippen LogP contribution in [0.1, 0.15) is 30.2 Å². The Morgan fingerprint density at radius 3 is 2.51 bits per heavy atom. The molecule has 1 aliphatic carbocycles. The maximum absolute atomic E-state index is 5.58. The fraction of sp³-hybridized carbons (Fsp3) is 0.448. The quantitative estimate of drug-likeness (QED) is 0.482. The first-order chi connectivity index (χ1) is 17.1. The lowest BCUT2D eigenvalue weighted by molar-refractivity contribution is 0.122. The molecule has 0 spiro atoms. The van der Waals surface area contributed by atoms with Crippen molar-refractivity contribution in [1.29, 1.82) is 0 Å². The zero-order chi connectivity index (χ0) is 24.2. The van der Waals surface area contributed by atoms with Crippen LogP contribution in [0, 0.1) is 11.8 Å². The number of hydrogen-bond donors (Lipinski definition) is 0. The first-order valence-corrected chi connectivity index (χ1v) is 12.6. The molecule has 0 saturated carbocycles. The van der Waals surface area contributed by atoms with E-state index in [0.717, 1.165) is 80.7 Å². The summed E-state index contributed by atoms with van der Waals surface area (Å²) in [6, 6.07) is 16.7. The van der Waals surface area contributed by atoms with Crippen LogP contribution in [0.2, 0.25) is 0 Å². The Balaban J connectivity index is 1.44. The third-order valence-electron chi connectivity index (χ3n) is 7.46. The molecule has 2 atom stereocenters. The van der Waals surface area contributed by atoms with E-state index in [1.54, 1.807) is 14.2 Å². The van der Waals surface area contributed by atoms with Crippen molar-refractivity contribution in [3.8, 4) is 22.8 Å². The van der Waals surface area contributed by atoms with E-state index in [0.29, 0.717) is 11.8 Å². The van der Waals surface area contributed by atoms with Gasteiger partial charge in [-0.1, -0.05) is 31.2 Å². The summed E-state index contributed by atoms with van der Waals surface area (Å²) in [4.78, 5) is 12.5. The van der Waals surface area contributed by atoms with Gasteiger partial charge in [0.1, 0.15) is 11.5 Å². The molecule has 1 saturated heterocycles. The highest BCUT2D eigenvalue weighted by molar-refractivity contribution is 5.67. The molecule has 2 aromatic carbocycles. The molecule has 1 aromatic heterocycles. The van der Waals surface area contributed by atoms with Gasteiger partial charge >= 0.3 is 0 Å². The number of nitrogens with zero attached hydrogens (tertiary/aromatic N) is 3. The smallest absolute Gasteiger partial charge is 0.226 e. The van der Waals surface area contributed by atoms with Gasteiger partial charge in [-0.05, 0) is 67.3 Å². The highest BCUT2D eigenvalue weighted by atomic mass is 16.5. The summed E-state index contributed by atoms with van der Waals surface area (Å²) in [5.41, 5.74) is 6.01. The van der Waals surface area contributed by atoms with Gasteiger partial charge in [0, 0.05) is 24.2 Å². The van der Waals surface area contributed by atoms with Crippen molar-refractivity contribution in [3.63, 3.8) is 0 Å². The molecule has 0 radical (unpaired) electrons. The van der Waals surface area contributed by atoms with Crippen LogP contribution in [-0.4, -0.2) is 50.5 Å². The van der Waals surface area contributed by atoms with Crippen LogP contribution in [0.25, 0.3) is 11.3 Å². The van der Waals surface area contributed by atoms with Crippen LogP contribution < -0.4 is 14.4 Å². The summed E-state index contributed by atoms with van der Waals surface area (Å²) < 4.78 is 16.4. The van der Waals surface area contributed by atoms with Gasteiger partial charge in [-0.15, -0.1) is 0 Å². The summed E-state index contributed by atoms with van der Waals surface area (Å²) in [5, 5.41) is 0. The molecule has 6 nitrogen and oxygen atoms in total. The molecule has 184 valence electrons. The number of morpholine rings is 1. The Morgan fingerprint density at radius 2 is 1.77 bits per heavy atom. The molecule has 2 heterocycles. The van der Waals surface area contributed by atoms with Gasteiger partial charge in [0.05, 0.1) is 38.8 Å². The van der Waals surface area contributed by atoms with Gasteiger partial charge < -0.3 is 19.1 Å². The lowest BCUT2D eigenvalue weighted by Crippen LogP contribution is -2.38. The molecule has 2 aliphatic rings. The molecule has 0 amide bonds. The van der Waals surface area contributed by atoms with Crippen LogP contribution in [0.15, 0.2) is 48.5 Å². The fourth-order valence-corrected chi connectivity index (χ4v) is 5.33. The number of benzene rings is 2. The molecule has 1 aliphatic heterocycles. The van der Waals surface area contributed by atoms with Gasteiger partial charge in [-0.25, -0.2) is 9.97 Å². The Kier molecular flexibility index (Phi) is 7.19. The van der Waals surface area contributed by atoms with Gasteiger partial charge in [0.2, 0.25) is 5.95 Å². The van der Waals surface area contributed by atoms with Gasteiger partial charge in [-0.2, -0.15) is 0 Å². The molecule has 0 N–H and O–H groups in total. The fourth-order valence-electron chi connectivity index (χ4n) is 5.33. The Labute approximate surface area is 208 Å². The topological polar surface area (TPSA) is 56.7 Å². The molecule has 2 unspecified atom stereocenters. The van der Waals surface area contributed by atoms with Crippen LogP contribution in [0.5, 0.6) is 11.5 Å². The number of anilines is 1. The summed E-state index contributed by atoms with van der Waals surface area (Å²) in [6.07, 6.45) is 4.21. The Morgan fingerprint density at radius 1 is 1.00 bits per heavy atom. The average Bonchev–Trinajstić information content (AvgIpc) is 2.93. The molecule has 35 heavy (non-hydrogen) atoms. The minimum Gasteiger partial charge on any atom is -0.497 e. The van der Waals surface area contributed by atoms with E-state index >= 15 is 0 Å². The highest BCUT2D eigenvalue weighted by Gasteiger charge is 2.29. The van der Waals surface area contributed by atoms with Crippen molar-refractivity contribution in [1.82, 2.24) is 9.97 Å². The van der Waals surface area contributed by atoms with Crippen molar-refractivity contribution >= 4 is 5.95 Å². The summed E-state index contributed by atoms with van der Waals surface area (Å²) in [7, 11) is 3.42.